The van der Waals surface area contributed by atoms with E-state index in [-0.39, 0.29) is 0 Å². The fourth-order valence-corrected chi connectivity index (χ4v) is 3.30. The zero-order valence-electron chi connectivity index (χ0n) is 10.9. The molecule has 0 atom stereocenters. The number of unbranched alkanes of at least 4 members (excludes halogenated alkanes) is 6. The van der Waals surface area contributed by atoms with Gasteiger partial charge in [-0.3, -0.25) is 0 Å². The standard InChI is InChI=1S/C13H31P/c1-5-7-8-9-10-11-12-13-14(3,4)6-2/h14H,5-13H2,1-4H3. The maximum atomic E-state index is 2.53. The van der Waals surface area contributed by atoms with Gasteiger partial charge in [0.1, 0.15) is 0 Å². The van der Waals surface area contributed by atoms with Crippen molar-refractivity contribution in [3.63, 3.8) is 0 Å². The van der Waals surface area contributed by atoms with Crippen LogP contribution < -0.4 is 0 Å². The van der Waals surface area contributed by atoms with Gasteiger partial charge in [-0.25, -0.2) is 0 Å². The van der Waals surface area contributed by atoms with Crippen LogP contribution in [0.5, 0.6) is 0 Å². The van der Waals surface area contributed by atoms with Crippen LogP contribution in [0.15, 0.2) is 0 Å². The summed E-state index contributed by atoms with van der Waals surface area (Å²) in [6.07, 6.45) is 13.2. The minimum absolute atomic E-state index is 0.753. The fourth-order valence-electron chi connectivity index (χ4n) is 1.74. The average molecular weight is 218 g/mol. The van der Waals surface area contributed by atoms with E-state index in [9.17, 15) is 0 Å². The van der Waals surface area contributed by atoms with Gasteiger partial charge in [0.15, 0.2) is 0 Å². The van der Waals surface area contributed by atoms with Crippen LogP contribution in [-0.4, -0.2) is 25.7 Å². The van der Waals surface area contributed by atoms with Crippen LogP contribution >= 0.6 is 7.26 Å². The predicted molar refractivity (Wildman–Crippen MR) is 73.6 cm³/mol. The van der Waals surface area contributed by atoms with Gasteiger partial charge in [-0.2, -0.15) is 0 Å². The molecule has 0 nitrogen and oxygen atoms in total. The third-order valence-electron chi connectivity index (χ3n) is 3.41. The van der Waals surface area contributed by atoms with Crippen LogP contribution in [0.2, 0.25) is 0 Å². The zero-order valence-corrected chi connectivity index (χ0v) is 11.9. The van der Waals surface area contributed by atoms with Crippen molar-refractivity contribution in [1.82, 2.24) is 0 Å². The zero-order chi connectivity index (χ0) is 10.9. The van der Waals surface area contributed by atoms with Crippen molar-refractivity contribution in [2.24, 2.45) is 0 Å². The van der Waals surface area contributed by atoms with Crippen molar-refractivity contribution in [2.75, 3.05) is 25.7 Å². The van der Waals surface area contributed by atoms with Crippen LogP contribution in [0.1, 0.15) is 58.8 Å². The summed E-state index contributed by atoms with van der Waals surface area (Å²) < 4.78 is 0. The Morgan fingerprint density at radius 2 is 1.21 bits per heavy atom. The molecule has 1 heteroatoms. The summed E-state index contributed by atoms with van der Waals surface area (Å²) in [7, 11) is -0.753. The molecule has 88 valence electrons. The van der Waals surface area contributed by atoms with Gasteiger partial charge in [0.25, 0.3) is 0 Å². The van der Waals surface area contributed by atoms with E-state index in [1.165, 1.54) is 51.1 Å². The van der Waals surface area contributed by atoms with E-state index >= 15 is 0 Å². The molecule has 0 aromatic carbocycles. The first-order valence-corrected chi connectivity index (χ1v) is 10.0. The van der Waals surface area contributed by atoms with E-state index in [2.05, 4.69) is 27.2 Å². The summed E-state index contributed by atoms with van der Waals surface area (Å²) in [5.74, 6) is 0. The average Bonchev–Trinajstić information content (AvgIpc) is 2.16. The van der Waals surface area contributed by atoms with Gasteiger partial charge in [0.05, 0.1) is 0 Å². The quantitative estimate of drug-likeness (QED) is 0.386. The van der Waals surface area contributed by atoms with Gasteiger partial charge in [-0.15, -0.1) is 0 Å². The van der Waals surface area contributed by atoms with Gasteiger partial charge in [0.2, 0.25) is 0 Å². The number of rotatable bonds is 9. The summed E-state index contributed by atoms with van der Waals surface area (Å²) in [5.41, 5.74) is 0. The molecular weight excluding hydrogens is 187 g/mol. The molecule has 0 saturated heterocycles. The predicted octanol–water partition coefficient (Wildman–Crippen LogP) is 4.77. The molecule has 0 fully saturated rings. The summed E-state index contributed by atoms with van der Waals surface area (Å²) >= 11 is 0. The molecule has 0 aliphatic heterocycles. The van der Waals surface area contributed by atoms with Crippen molar-refractivity contribution in [3.05, 3.63) is 0 Å². The summed E-state index contributed by atoms with van der Waals surface area (Å²) in [6.45, 7) is 9.72. The van der Waals surface area contributed by atoms with Gasteiger partial charge in [0, 0.05) is 0 Å². The number of hydrogen-bond acceptors (Lipinski definition) is 0. The number of hydrogen-bond donors (Lipinski definition) is 0. The molecule has 0 aromatic heterocycles. The molecule has 14 heavy (non-hydrogen) atoms. The molecule has 0 aliphatic carbocycles. The van der Waals surface area contributed by atoms with E-state index < -0.39 is 7.26 Å². The van der Waals surface area contributed by atoms with Crippen molar-refractivity contribution in [1.29, 1.82) is 0 Å². The molecule has 0 spiro atoms. The van der Waals surface area contributed by atoms with Crippen molar-refractivity contribution >= 4 is 7.26 Å². The molecule has 0 radical (unpaired) electrons. The molecule has 0 rings (SSSR count). The monoisotopic (exact) mass is 218 g/mol. The van der Waals surface area contributed by atoms with Crippen LogP contribution in [0.4, 0.5) is 0 Å². The van der Waals surface area contributed by atoms with Gasteiger partial charge < -0.3 is 0 Å². The van der Waals surface area contributed by atoms with E-state index in [1.807, 2.05) is 0 Å². The molecule has 0 aromatic rings. The van der Waals surface area contributed by atoms with Crippen molar-refractivity contribution < 1.29 is 0 Å². The molecule has 0 N–H and O–H groups in total. The molecule has 0 amide bonds. The Hall–Kier alpha value is 0.430. The van der Waals surface area contributed by atoms with E-state index in [1.54, 1.807) is 6.16 Å². The first-order chi connectivity index (χ1) is 6.62. The third kappa shape index (κ3) is 9.00. The Morgan fingerprint density at radius 1 is 0.714 bits per heavy atom. The molecule has 0 heterocycles. The molecule has 0 unspecified atom stereocenters. The summed E-state index contributed by atoms with van der Waals surface area (Å²) in [6, 6.07) is 0. The Labute approximate surface area is 92.2 Å². The second kappa shape index (κ2) is 8.72. The summed E-state index contributed by atoms with van der Waals surface area (Å²) in [4.78, 5) is 0. The Bertz CT molecular complexity index is 118. The molecule has 0 bridgehead atoms. The first kappa shape index (κ1) is 14.4. The maximum absolute atomic E-state index is 2.53. The topological polar surface area (TPSA) is 0 Å². The Balaban J connectivity index is 3.13. The third-order valence-corrected chi connectivity index (χ3v) is 7.04. The van der Waals surface area contributed by atoms with Crippen molar-refractivity contribution in [3.8, 4) is 0 Å². The Kier molecular flexibility index (Phi) is 8.98. The first-order valence-electron chi connectivity index (χ1n) is 6.62. The van der Waals surface area contributed by atoms with Crippen LogP contribution in [0.25, 0.3) is 0 Å². The van der Waals surface area contributed by atoms with Gasteiger partial charge >= 0.3 is 91.7 Å². The minimum atomic E-state index is -0.753. The SMILES string of the molecule is CCCCCCCCC[PH](C)(C)CC. The van der Waals surface area contributed by atoms with Crippen LogP contribution in [-0.2, 0) is 0 Å². The second-order valence-corrected chi connectivity index (χ2v) is 10.9. The van der Waals surface area contributed by atoms with Crippen molar-refractivity contribution in [2.45, 2.75) is 58.8 Å². The van der Waals surface area contributed by atoms with Gasteiger partial charge in [-0.1, -0.05) is 0 Å². The molecule has 0 aliphatic rings. The van der Waals surface area contributed by atoms with E-state index in [4.69, 9.17) is 0 Å². The van der Waals surface area contributed by atoms with E-state index in [0.717, 1.165) is 0 Å². The van der Waals surface area contributed by atoms with Gasteiger partial charge in [-0.05, 0) is 0 Å². The fraction of sp³-hybridized carbons (Fsp3) is 1.00. The van der Waals surface area contributed by atoms with Crippen LogP contribution in [0.3, 0.4) is 0 Å². The Morgan fingerprint density at radius 3 is 1.71 bits per heavy atom. The normalized spacial score (nSPS) is 13.1. The van der Waals surface area contributed by atoms with E-state index in [0.29, 0.717) is 0 Å². The summed E-state index contributed by atoms with van der Waals surface area (Å²) in [5, 5.41) is 0. The molecular formula is C13H31P. The molecule has 0 saturated carbocycles. The second-order valence-electron chi connectivity index (χ2n) is 5.39. The van der Waals surface area contributed by atoms with Crippen LogP contribution in [0, 0.1) is 0 Å².